The number of amides is 2. The minimum absolute atomic E-state index is 0.0652. The molecule has 1 unspecified atom stereocenters. The lowest BCUT2D eigenvalue weighted by Crippen LogP contribution is -2.49. The largest absolute Gasteiger partial charge is 0.494 e. The van der Waals surface area contributed by atoms with Gasteiger partial charge in [-0.3, -0.25) is 0 Å². The Bertz CT molecular complexity index is 487. The summed E-state index contributed by atoms with van der Waals surface area (Å²) in [5.74, 6) is 0.0250. The molecule has 7 nitrogen and oxygen atoms in total. The summed E-state index contributed by atoms with van der Waals surface area (Å²) in [6.07, 6.45) is 0. The van der Waals surface area contributed by atoms with E-state index >= 15 is 0 Å². The van der Waals surface area contributed by atoms with Crippen LogP contribution in [0.3, 0.4) is 0 Å². The maximum atomic E-state index is 11.6. The molecule has 7 heteroatoms. The number of carboxylic acid groups (broad SMARTS) is 1. The zero-order valence-electron chi connectivity index (χ0n) is 13.0. The molecule has 0 aromatic heterocycles. The summed E-state index contributed by atoms with van der Waals surface area (Å²) in [5, 5.41) is 13.8. The predicted molar refractivity (Wildman–Crippen MR) is 81.0 cm³/mol. The van der Waals surface area contributed by atoms with Crippen molar-refractivity contribution in [3.63, 3.8) is 0 Å². The summed E-state index contributed by atoms with van der Waals surface area (Å²) >= 11 is 0. The molecule has 0 aliphatic heterocycles. The molecule has 0 aliphatic rings. The summed E-state index contributed by atoms with van der Waals surface area (Å²) in [6.45, 7) is 5.85. The van der Waals surface area contributed by atoms with E-state index in [1.54, 1.807) is 38.1 Å². The fourth-order valence-electron chi connectivity index (χ4n) is 1.69. The third-order valence-corrected chi connectivity index (χ3v) is 2.83. The minimum Gasteiger partial charge on any atom is -0.494 e. The number of aliphatic carboxylic acids is 1. The summed E-state index contributed by atoms with van der Waals surface area (Å²) in [6, 6.07) is 5.44. The van der Waals surface area contributed by atoms with Crippen LogP contribution < -0.4 is 20.1 Å². The SMILES string of the molecule is CCOc1ccc(OCNC(=O)NC(C(=O)O)C(C)C)cc1. The van der Waals surface area contributed by atoms with Crippen LogP contribution in [-0.4, -0.2) is 36.5 Å². The van der Waals surface area contributed by atoms with E-state index in [2.05, 4.69) is 10.6 Å². The van der Waals surface area contributed by atoms with Crippen molar-refractivity contribution in [1.82, 2.24) is 10.6 Å². The molecule has 1 aromatic carbocycles. The molecule has 0 saturated heterocycles. The second kappa shape index (κ2) is 8.76. The van der Waals surface area contributed by atoms with E-state index in [0.717, 1.165) is 5.75 Å². The Morgan fingerprint density at radius 3 is 2.14 bits per heavy atom. The molecule has 0 spiro atoms. The normalized spacial score (nSPS) is 11.6. The molecule has 122 valence electrons. The molecule has 2 amide bonds. The highest BCUT2D eigenvalue weighted by Gasteiger charge is 2.23. The molecular formula is C15H22N2O5. The van der Waals surface area contributed by atoms with Crippen molar-refractivity contribution in [3.05, 3.63) is 24.3 Å². The Labute approximate surface area is 129 Å². The first-order valence-electron chi connectivity index (χ1n) is 7.06. The van der Waals surface area contributed by atoms with Gasteiger partial charge in [-0.25, -0.2) is 9.59 Å². The first kappa shape index (κ1) is 17.6. The van der Waals surface area contributed by atoms with E-state index in [0.29, 0.717) is 12.4 Å². The Morgan fingerprint density at radius 2 is 1.68 bits per heavy atom. The molecule has 1 rings (SSSR count). The van der Waals surface area contributed by atoms with Crippen LogP contribution in [0.1, 0.15) is 20.8 Å². The van der Waals surface area contributed by atoms with Gasteiger partial charge in [-0.15, -0.1) is 0 Å². The third-order valence-electron chi connectivity index (χ3n) is 2.83. The standard InChI is InChI=1S/C15H22N2O5/c1-4-21-11-5-7-12(8-6-11)22-9-16-15(20)17-13(10(2)3)14(18)19/h5-8,10,13H,4,9H2,1-3H3,(H,18,19)(H2,16,17,20). The smallest absolute Gasteiger partial charge is 0.326 e. The van der Waals surface area contributed by atoms with Crippen LogP contribution in [0.2, 0.25) is 0 Å². The topological polar surface area (TPSA) is 96.9 Å². The molecule has 0 bridgehead atoms. The summed E-state index contributed by atoms with van der Waals surface area (Å²) in [4.78, 5) is 22.6. The number of carbonyl (C=O) groups is 2. The second-order valence-electron chi connectivity index (χ2n) is 4.90. The van der Waals surface area contributed by atoms with Crippen molar-refractivity contribution in [3.8, 4) is 11.5 Å². The number of carboxylic acids is 1. The van der Waals surface area contributed by atoms with E-state index in [1.807, 2.05) is 6.92 Å². The molecule has 1 atom stereocenters. The van der Waals surface area contributed by atoms with Crippen LogP contribution in [0, 0.1) is 5.92 Å². The number of benzene rings is 1. The van der Waals surface area contributed by atoms with E-state index in [4.69, 9.17) is 14.6 Å². The fraction of sp³-hybridized carbons (Fsp3) is 0.467. The second-order valence-corrected chi connectivity index (χ2v) is 4.90. The number of rotatable bonds is 8. The lowest BCUT2D eigenvalue weighted by atomic mass is 10.1. The molecular weight excluding hydrogens is 288 g/mol. The minimum atomic E-state index is -1.07. The van der Waals surface area contributed by atoms with Crippen LogP contribution in [0.15, 0.2) is 24.3 Å². The monoisotopic (exact) mass is 310 g/mol. The Hall–Kier alpha value is -2.44. The van der Waals surface area contributed by atoms with E-state index in [9.17, 15) is 9.59 Å². The van der Waals surface area contributed by atoms with Crippen molar-refractivity contribution >= 4 is 12.0 Å². The molecule has 0 saturated carbocycles. The maximum absolute atomic E-state index is 11.6. The van der Waals surface area contributed by atoms with Crippen LogP contribution in [0.5, 0.6) is 11.5 Å². The number of carbonyl (C=O) groups excluding carboxylic acids is 1. The summed E-state index contributed by atoms with van der Waals surface area (Å²) in [7, 11) is 0. The van der Waals surface area contributed by atoms with Gasteiger partial charge in [-0.2, -0.15) is 0 Å². The molecule has 0 heterocycles. The molecule has 0 fully saturated rings. The number of urea groups is 1. The summed E-state index contributed by atoms with van der Waals surface area (Å²) < 4.78 is 10.6. The quantitative estimate of drug-likeness (QED) is 0.636. The van der Waals surface area contributed by atoms with Gasteiger partial charge in [0.05, 0.1) is 6.61 Å². The molecule has 22 heavy (non-hydrogen) atoms. The molecule has 0 radical (unpaired) electrons. The Morgan fingerprint density at radius 1 is 1.14 bits per heavy atom. The summed E-state index contributed by atoms with van der Waals surface area (Å²) in [5.41, 5.74) is 0. The van der Waals surface area contributed by atoms with Gasteiger partial charge in [0.15, 0.2) is 6.73 Å². The van der Waals surface area contributed by atoms with Crippen LogP contribution in [-0.2, 0) is 4.79 Å². The van der Waals surface area contributed by atoms with Gasteiger partial charge >= 0.3 is 12.0 Å². The highest BCUT2D eigenvalue weighted by Crippen LogP contribution is 2.17. The van der Waals surface area contributed by atoms with Crippen LogP contribution in [0.4, 0.5) is 4.79 Å². The highest BCUT2D eigenvalue weighted by atomic mass is 16.5. The van der Waals surface area contributed by atoms with Crippen LogP contribution in [0.25, 0.3) is 0 Å². The van der Waals surface area contributed by atoms with Crippen molar-refractivity contribution < 1.29 is 24.2 Å². The fourth-order valence-corrected chi connectivity index (χ4v) is 1.69. The molecule has 0 aliphatic carbocycles. The first-order valence-corrected chi connectivity index (χ1v) is 7.06. The average Bonchev–Trinajstić information content (AvgIpc) is 2.46. The van der Waals surface area contributed by atoms with Crippen molar-refractivity contribution in [2.45, 2.75) is 26.8 Å². The van der Waals surface area contributed by atoms with Gasteiger partial charge in [-0.1, -0.05) is 13.8 Å². The number of hydrogen-bond acceptors (Lipinski definition) is 4. The van der Waals surface area contributed by atoms with Gasteiger partial charge in [0.25, 0.3) is 0 Å². The third kappa shape index (κ3) is 5.90. The van der Waals surface area contributed by atoms with Crippen LogP contribution >= 0.6 is 0 Å². The zero-order valence-corrected chi connectivity index (χ0v) is 13.0. The predicted octanol–water partition coefficient (Wildman–Crippen LogP) is 1.83. The van der Waals surface area contributed by atoms with E-state index in [1.165, 1.54) is 0 Å². The number of hydrogen-bond donors (Lipinski definition) is 3. The van der Waals surface area contributed by atoms with Gasteiger partial charge in [0.1, 0.15) is 17.5 Å². The van der Waals surface area contributed by atoms with E-state index in [-0.39, 0.29) is 12.6 Å². The van der Waals surface area contributed by atoms with E-state index < -0.39 is 18.0 Å². The van der Waals surface area contributed by atoms with Crippen molar-refractivity contribution in [2.24, 2.45) is 5.92 Å². The Balaban J connectivity index is 2.36. The zero-order chi connectivity index (χ0) is 16.5. The number of nitrogens with one attached hydrogen (secondary N) is 2. The van der Waals surface area contributed by atoms with Crippen molar-refractivity contribution in [2.75, 3.05) is 13.3 Å². The van der Waals surface area contributed by atoms with Gasteiger partial charge in [-0.05, 0) is 37.1 Å². The Kier molecular flexibility index (Phi) is 7.01. The maximum Gasteiger partial charge on any atom is 0.326 e. The average molecular weight is 310 g/mol. The lowest BCUT2D eigenvalue weighted by Gasteiger charge is -2.18. The molecule has 1 aromatic rings. The van der Waals surface area contributed by atoms with Crippen molar-refractivity contribution in [1.29, 1.82) is 0 Å². The molecule has 3 N–H and O–H groups in total. The lowest BCUT2D eigenvalue weighted by molar-refractivity contribution is -0.140. The highest BCUT2D eigenvalue weighted by molar-refractivity contribution is 5.82. The number of ether oxygens (including phenoxy) is 2. The van der Waals surface area contributed by atoms with Gasteiger partial charge < -0.3 is 25.2 Å². The van der Waals surface area contributed by atoms with Gasteiger partial charge in [0.2, 0.25) is 0 Å². The van der Waals surface area contributed by atoms with Gasteiger partial charge in [0, 0.05) is 0 Å². The first-order chi connectivity index (χ1) is 10.4.